The van der Waals surface area contributed by atoms with Gasteiger partial charge in [-0.15, -0.1) is 0 Å². The second-order valence-electron chi connectivity index (χ2n) is 4.29. The Balaban J connectivity index is 2.23. The van der Waals surface area contributed by atoms with E-state index in [0.29, 0.717) is 12.5 Å². The molecule has 0 aromatic heterocycles. The molecule has 3 N–H and O–H groups in total. The highest BCUT2D eigenvalue weighted by Gasteiger charge is 2.44. The number of carbonyl (C=O) groups is 1. The molecule has 0 unspecified atom stereocenters. The summed E-state index contributed by atoms with van der Waals surface area (Å²) >= 11 is 0. The second-order valence-corrected chi connectivity index (χ2v) is 4.29. The molecule has 4 nitrogen and oxygen atoms in total. The van der Waals surface area contributed by atoms with Crippen LogP contribution in [0, 0.1) is 5.92 Å². The van der Waals surface area contributed by atoms with Crippen molar-refractivity contribution in [3.05, 3.63) is 0 Å². The number of carbonyl (C=O) groups excluding carboxylic acids is 1. The molecular weight excluding hydrogens is 185 g/mol. The third kappa shape index (κ3) is 2.57. The van der Waals surface area contributed by atoms with E-state index >= 15 is 0 Å². The first kappa shape index (κ1) is 11.2. The Hall–Kier alpha value is -0.840. The van der Waals surface area contributed by atoms with E-state index in [2.05, 4.69) is 5.32 Å². The molecule has 82 valence electrons. The lowest BCUT2D eigenvalue weighted by Crippen LogP contribution is -2.66. The number of urea groups is 1. The highest BCUT2D eigenvalue weighted by atomic mass is 19.1. The summed E-state index contributed by atoms with van der Waals surface area (Å²) in [6.07, 6.45) is 0. The molecule has 2 amide bonds. The zero-order valence-corrected chi connectivity index (χ0v) is 8.72. The molecule has 0 saturated carbocycles. The third-order valence-electron chi connectivity index (χ3n) is 2.26. The van der Waals surface area contributed by atoms with E-state index in [9.17, 15) is 9.18 Å². The van der Waals surface area contributed by atoms with Crippen molar-refractivity contribution >= 4 is 6.03 Å². The fourth-order valence-corrected chi connectivity index (χ4v) is 1.31. The number of hydrogen-bond acceptors (Lipinski definition) is 2. The molecule has 1 aliphatic rings. The van der Waals surface area contributed by atoms with Gasteiger partial charge in [0, 0.05) is 13.1 Å². The molecule has 1 heterocycles. The normalized spacial score (nSPS) is 19.4. The standard InChI is InChI=1S/C9H18FN3O/c1-7(2)3-12-8(14)13-5-9(10,4-11)6-13/h7H,3-6,11H2,1-2H3,(H,12,14). The minimum absolute atomic E-state index is 0.0129. The fraction of sp³-hybridized carbons (Fsp3) is 0.889. The SMILES string of the molecule is CC(C)CNC(=O)N1CC(F)(CN)C1. The molecule has 0 aliphatic carbocycles. The maximum Gasteiger partial charge on any atom is 0.317 e. The maximum atomic E-state index is 13.3. The Labute approximate surface area is 83.6 Å². The van der Waals surface area contributed by atoms with Crippen LogP contribution in [0.2, 0.25) is 0 Å². The number of rotatable bonds is 3. The molecule has 0 bridgehead atoms. The zero-order valence-electron chi connectivity index (χ0n) is 8.72. The van der Waals surface area contributed by atoms with Gasteiger partial charge in [-0.1, -0.05) is 13.8 Å². The minimum atomic E-state index is -1.35. The number of likely N-dealkylation sites (tertiary alicyclic amines) is 1. The Morgan fingerprint density at radius 3 is 2.64 bits per heavy atom. The van der Waals surface area contributed by atoms with Crippen molar-refractivity contribution < 1.29 is 9.18 Å². The minimum Gasteiger partial charge on any atom is -0.338 e. The molecule has 1 rings (SSSR count). The monoisotopic (exact) mass is 203 g/mol. The van der Waals surface area contributed by atoms with Gasteiger partial charge >= 0.3 is 6.03 Å². The maximum absolute atomic E-state index is 13.3. The molecule has 5 heteroatoms. The number of halogens is 1. The number of alkyl halides is 1. The number of nitrogens with zero attached hydrogens (tertiary/aromatic N) is 1. The molecule has 0 radical (unpaired) electrons. The van der Waals surface area contributed by atoms with Crippen LogP contribution in [0.5, 0.6) is 0 Å². The van der Waals surface area contributed by atoms with Crippen molar-refractivity contribution in [3.8, 4) is 0 Å². The van der Waals surface area contributed by atoms with Gasteiger partial charge in [0.2, 0.25) is 0 Å². The lowest BCUT2D eigenvalue weighted by atomic mass is 9.97. The van der Waals surface area contributed by atoms with Crippen molar-refractivity contribution in [1.29, 1.82) is 0 Å². The van der Waals surface area contributed by atoms with Crippen LogP contribution in [-0.4, -0.2) is 42.8 Å². The Kier molecular flexibility index (Phi) is 3.31. The third-order valence-corrected chi connectivity index (χ3v) is 2.26. The summed E-state index contributed by atoms with van der Waals surface area (Å²) < 4.78 is 13.3. The van der Waals surface area contributed by atoms with Gasteiger partial charge in [-0.2, -0.15) is 0 Å². The van der Waals surface area contributed by atoms with Gasteiger partial charge < -0.3 is 16.0 Å². The van der Waals surface area contributed by atoms with Gasteiger partial charge in [0.25, 0.3) is 0 Å². The molecule has 0 atom stereocenters. The van der Waals surface area contributed by atoms with Crippen LogP contribution in [0.1, 0.15) is 13.8 Å². The summed E-state index contributed by atoms with van der Waals surface area (Å²) in [7, 11) is 0. The fourth-order valence-electron chi connectivity index (χ4n) is 1.31. The van der Waals surface area contributed by atoms with Crippen LogP contribution >= 0.6 is 0 Å². The van der Waals surface area contributed by atoms with Crippen LogP contribution in [-0.2, 0) is 0 Å². The van der Waals surface area contributed by atoms with E-state index in [1.54, 1.807) is 0 Å². The van der Waals surface area contributed by atoms with E-state index in [0.717, 1.165) is 0 Å². The zero-order chi connectivity index (χ0) is 10.8. The molecule has 1 aliphatic heterocycles. The predicted molar refractivity (Wildman–Crippen MR) is 52.7 cm³/mol. The van der Waals surface area contributed by atoms with Crippen LogP contribution in [0.25, 0.3) is 0 Å². The Bertz CT molecular complexity index is 214. The van der Waals surface area contributed by atoms with E-state index in [1.807, 2.05) is 13.8 Å². The summed E-state index contributed by atoms with van der Waals surface area (Å²) in [4.78, 5) is 12.8. The van der Waals surface area contributed by atoms with Gasteiger partial charge in [-0.05, 0) is 5.92 Å². The Morgan fingerprint density at radius 2 is 2.21 bits per heavy atom. The van der Waals surface area contributed by atoms with Crippen LogP contribution in [0.15, 0.2) is 0 Å². The van der Waals surface area contributed by atoms with Gasteiger partial charge in [-0.25, -0.2) is 9.18 Å². The quantitative estimate of drug-likeness (QED) is 0.694. The first-order valence-corrected chi connectivity index (χ1v) is 4.88. The first-order valence-electron chi connectivity index (χ1n) is 4.88. The highest BCUT2D eigenvalue weighted by molar-refractivity contribution is 5.75. The summed E-state index contributed by atoms with van der Waals surface area (Å²) in [5.41, 5.74) is 3.87. The van der Waals surface area contributed by atoms with Crippen molar-refractivity contribution in [3.63, 3.8) is 0 Å². The van der Waals surface area contributed by atoms with Crippen molar-refractivity contribution in [2.75, 3.05) is 26.2 Å². The lowest BCUT2D eigenvalue weighted by molar-refractivity contribution is 0.00216. The summed E-state index contributed by atoms with van der Waals surface area (Å²) in [5.74, 6) is 0.407. The lowest BCUT2D eigenvalue weighted by Gasteiger charge is -2.43. The number of amides is 2. The highest BCUT2D eigenvalue weighted by Crippen LogP contribution is 2.23. The molecule has 14 heavy (non-hydrogen) atoms. The van der Waals surface area contributed by atoms with Gasteiger partial charge in [-0.3, -0.25) is 0 Å². The number of hydrogen-bond donors (Lipinski definition) is 2. The molecule has 0 spiro atoms. The van der Waals surface area contributed by atoms with Gasteiger partial charge in [0.15, 0.2) is 5.67 Å². The molecule has 0 aromatic carbocycles. The number of nitrogens with one attached hydrogen (secondary N) is 1. The predicted octanol–water partition coefficient (Wildman–Crippen LogP) is 0.335. The summed E-state index contributed by atoms with van der Waals surface area (Å²) in [6.45, 7) is 4.87. The Morgan fingerprint density at radius 1 is 1.64 bits per heavy atom. The topological polar surface area (TPSA) is 58.4 Å². The number of nitrogens with two attached hydrogens (primary N) is 1. The van der Waals surface area contributed by atoms with E-state index in [-0.39, 0.29) is 25.7 Å². The average molecular weight is 203 g/mol. The van der Waals surface area contributed by atoms with E-state index in [4.69, 9.17) is 5.73 Å². The largest absolute Gasteiger partial charge is 0.338 e. The molecular formula is C9H18FN3O. The summed E-state index contributed by atoms with van der Waals surface area (Å²) in [6, 6.07) is -0.194. The molecule has 1 fully saturated rings. The van der Waals surface area contributed by atoms with Gasteiger partial charge in [0.05, 0.1) is 13.1 Å². The molecule has 1 saturated heterocycles. The van der Waals surface area contributed by atoms with E-state index in [1.165, 1.54) is 4.90 Å². The molecule has 0 aromatic rings. The van der Waals surface area contributed by atoms with E-state index < -0.39 is 5.67 Å². The van der Waals surface area contributed by atoms with Gasteiger partial charge in [0.1, 0.15) is 0 Å². The van der Waals surface area contributed by atoms with Crippen molar-refractivity contribution in [2.45, 2.75) is 19.5 Å². The smallest absolute Gasteiger partial charge is 0.317 e. The van der Waals surface area contributed by atoms with Crippen molar-refractivity contribution in [1.82, 2.24) is 10.2 Å². The van der Waals surface area contributed by atoms with Crippen LogP contribution in [0.4, 0.5) is 9.18 Å². The first-order chi connectivity index (χ1) is 6.47. The summed E-state index contributed by atoms with van der Waals surface area (Å²) in [5, 5.41) is 2.73. The van der Waals surface area contributed by atoms with Crippen LogP contribution < -0.4 is 11.1 Å². The van der Waals surface area contributed by atoms with Crippen molar-refractivity contribution in [2.24, 2.45) is 11.7 Å². The van der Waals surface area contributed by atoms with Crippen LogP contribution in [0.3, 0.4) is 0 Å². The average Bonchev–Trinajstić information content (AvgIpc) is 2.09. The second kappa shape index (κ2) is 4.13.